The van der Waals surface area contributed by atoms with E-state index < -0.39 is 10.0 Å². The second-order valence-corrected chi connectivity index (χ2v) is 6.52. The molecule has 0 saturated heterocycles. The molecule has 0 aliphatic carbocycles. The van der Waals surface area contributed by atoms with Crippen molar-refractivity contribution in [1.82, 2.24) is 19.1 Å². The molecule has 20 heavy (non-hydrogen) atoms. The number of hydrogen-bond donors (Lipinski definition) is 1. The predicted octanol–water partition coefficient (Wildman–Crippen LogP) is -0.0251. The lowest BCUT2D eigenvalue weighted by Gasteiger charge is -2.26. The summed E-state index contributed by atoms with van der Waals surface area (Å²) in [6.07, 6.45) is 1.61. The highest BCUT2D eigenvalue weighted by molar-refractivity contribution is 7.89. The molecule has 2 heterocycles. The van der Waals surface area contributed by atoms with E-state index in [1.54, 1.807) is 18.5 Å². The average molecular weight is 294 g/mol. The minimum Gasteiger partial charge on any atom is -0.392 e. The van der Waals surface area contributed by atoms with Gasteiger partial charge in [0.15, 0.2) is 0 Å². The maximum absolute atomic E-state index is 12.5. The number of aliphatic hydroxyl groups excluding tert-OH is 1. The second kappa shape index (κ2) is 4.97. The number of benzene rings is 1. The molecular weight excluding hydrogens is 280 g/mol. The van der Waals surface area contributed by atoms with Crippen LogP contribution < -0.4 is 0 Å². The number of rotatable bonds is 3. The topological polar surface area (TPSA) is 88.3 Å². The number of hydrogen-bond acceptors (Lipinski definition) is 5. The van der Waals surface area contributed by atoms with E-state index >= 15 is 0 Å². The third-order valence-electron chi connectivity index (χ3n) is 3.35. The molecule has 0 unspecified atom stereocenters. The van der Waals surface area contributed by atoms with E-state index in [2.05, 4.69) is 10.2 Å². The van der Waals surface area contributed by atoms with Crippen molar-refractivity contribution in [1.29, 1.82) is 0 Å². The zero-order chi connectivity index (χ0) is 14.2. The van der Waals surface area contributed by atoms with E-state index in [1.807, 2.05) is 4.57 Å². The Labute approximate surface area is 116 Å². The highest BCUT2D eigenvalue weighted by Crippen LogP contribution is 2.21. The largest absolute Gasteiger partial charge is 0.392 e. The summed E-state index contributed by atoms with van der Waals surface area (Å²) >= 11 is 0. The Morgan fingerprint density at radius 1 is 1.20 bits per heavy atom. The van der Waals surface area contributed by atoms with Crippen LogP contribution in [-0.4, -0.2) is 39.1 Å². The van der Waals surface area contributed by atoms with E-state index in [9.17, 15) is 8.42 Å². The maximum atomic E-state index is 12.5. The second-order valence-electron chi connectivity index (χ2n) is 4.58. The minimum absolute atomic E-state index is 0.104. The lowest BCUT2D eigenvalue weighted by molar-refractivity contribution is 0.281. The minimum atomic E-state index is -3.54. The van der Waals surface area contributed by atoms with Gasteiger partial charge in [0.1, 0.15) is 12.2 Å². The molecule has 0 atom stereocenters. The molecule has 2 aromatic rings. The SMILES string of the molecule is O=S(=O)(c1ccc(CO)cc1)N1CCn2cnnc2C1. The molecule has 0 saturated carbocycles. The van der Waals surface area contributed by atoms with Gasteiger partial charge < -0.3 is 9.67 Å². The summed E-state index contributed by atoms with van der Waals surface area (Å²) in [5, 5.41) is 16.7. The Hall–Kier alpha value is -1.77. The van der Waals surface area contributed by atoms with Crippen LogP contribution in [-0.2, 0) is 29.7 Å². The van der Waals surface area contributed by atoms with E-state index in [0.717, 1.165) is 0 Å². The predicted molar refractivity (Wildman–Crippen MR) is 70.0 cm³/mol. The first-order valence-electron chi connectivity index (χ1n) is 6.18. The van der Waals surface area contributed by atoms with Crippen LogP contribution in [0.3, 0.4) is 0 Å². The fourth-order valence-corrected chi connectivity index (χ4v) is 3.55. The molecule has 0 fully saturated rings. The molecule has 0 bridgehead atoms. The van der Waals surface area contributed by atoms with Crippen molar-refractivity contribution in [2.24, 2.45) is 0 Å². The molecule has 3 rings (SSSR count). The van der Waals surface area contributed by atoms with Crippen LogP contribution in [0.2, 0.25) is 0 Å². The van der Waals surface area contributed by atoms with Crippen LogP contribution in [0.4, 0.5) is 0 Å². The van der Waals surface area contributed by atoms with Crippen LogP contribution in [0, 0.1) is 0 Å². The quantitative estimate of drug-likeness (QED) is 0.859. The molecule has 106 valence electrons. The summed E-state index contributed by atoms with van der Waals surface area (Å²) in [4.78, 5) is 0.225. The van der Waals surface area contributed by atoms with Gasteiger partial charge >= 0.3 is 0 Å². The third-order valence-corrected chi connectivity index (χ3v) is 5.21. The molecule has 0 spiro atoms. The fourth-order valence-electron chi connectivity index (χ4n) is 2.17. The van der Waals surface area contributed by atoms with E-state index in [-0.39, 0.29) is 18.0 Å². The van der Waals surface area contributed by atoms with Gasteiger partial charge in [-0.25, -0.2) is 8.42 Å². The van der Waals surface area contributed by atoms with Crippen molar-refractivity contribution in [2.45, 2.75) is 24.6 Å². The van der Waals surface area contributed by atoms with Crippen molar-refractivity contribution < 1.29 is 13.5 Å². The smallest absolute Gasteiger partial charge is 0.243 e. The summed E-state index contributed by atoms with van der Waals surface area (Å²) in [5.41, 5.74) is 0.683. The van der Waals surface area contributed by atoms with Crippen LogP contribution in [0.25, 0.3) is 0 Å². The van der Waals surface area contributed by atoms with Gasteiger partial charge in [-0.3, -0.25) is 0 Å². The van der Waals surface area contributed by atoms with Crippen molar-refractivity contribution >= 4 is 10.0 Å². The van der Waals surface area contributed by atoms with Crippen molar-refractivity contribution in [3.8, 4) is 0 Å². The Morgan fingerprint density at radius 3 is 2.65 bits per heavy atom. The highest BCUT2D eigenvalue weighted by Gasteiger charge is 2.29. The number of aliphatic hydroxyl groups is 1. The monoisotopic (exact) mass is 294 g/mol. The number of sulfonamides is 1. The number of aromatic nitrogens is 3. The van der Waals surface area contributed by atoms with Gasteiger partial charge in [0.25, 0.3) is 0 Å². The molecule has 0 amide bonds. The Bertz CT molecular complexity index is 709. The van der Waals surface area contributed by atoms with Gasteiger partial charge in [-0.1, -0.05) is 12.1 Å². The Morgan fingerprint density at radius 2 is 1.95 bits per heavy atom. The van der Waals surface area contributed by atoms with Gasteiger partial charge in [0.05, 0.1) is 18.0 Å². The molecule has 1 aromatic heterocycles. The molecule has 1 aromatic carbocycles. The summed E-state index contributed by atoms with van der Waals surface area (Å²) in [6, 6.07) is 6.25. The molecule has 0 radical (unpaired) electrons. The van der Waals surface area contributed by atoms with Gasteiger partial charge in [0, 0.05) is 13.1 Å². The van der Waals surface area contributed by atoms with Crippen molar-refractivity contribution in [3.05, 3.63) is 42.0 Å². The zero-order valence-corrected chi connectivity index (χ0v) is 11.5. The van der Waals surface area contributed by atoms with E-state index in [1.165, 1.54) is 16.4 Å². The van der Waals surface area contributed by atoms with Gasteiger partial charge in [0.2, 0.25) is 10.0 Å². The summed E-state index contributed by atoms with van der Waals surface area (Å²) in [7, 11) is -3.54. The molecule has 1 aliphatic heterocycles. The van der Waals surface area contributed by atoms with Crippen LogP contribution in [0.1, 0.15) is 11.4 Å². The standard InChI is InChI=1S/C12H14N4O3S/c17-8-10-1-3-11(4-2-10)20(18,19)16-6-5-15-9-13-14-12(15)7-16/h1-4,9,17H,5-8H2. The van der Waals surface area contributed by atoms with Crippen LogP contribution >= 0.6 is 0 Å². The van der Waals surface area contributed by atoms with E-state index in [4.69, 9.17) is 5.11 Å². The number of fused-ring (bicyclic) bond motifs is 1. The Balaban J connectivity index is 1.88. The zero-order valence-electron chi connectivity index (χ0n) is 10.7. The normalized spacial score (nSPS) is 16.1. The summed E-state index contributed by atoms with van der Waals surface area (Å²) in [6.45, 7) is 1.07. The van der Waals surface area contributed by atoms with Crippen LogP contribution in [0.5, 0.6) is 0 Å². The van der Waals surface area contributed by atoms with E-state index in [0.29, 0.717) is 24.5 Å². The van der Waals surface area contributed by atoms with Gasteiger partial charge in [-0.2, -0.15) is 4.31 Å². The summed E-state index contributed by atoms with van der Waals surface area (Å²) in [5.74, 6) is 0.645. The number of nitrogens with zero attached hydrogens (tertiary/aromatic N) is 4. The summed E-state index contributed by atoms with van der Waals surface area (Å²) < 4.78 is 28.3. The highest BCUT2D eigenvalue weighted by atomic mass is 32.2. The third kappa shape index (κ3) is 2.21. The first kappa shape index (κ1) is 13.2. The lowest BCUT2D eigenvalue weighted by atomic mass is 10.2. The van der Waals surface area contributed by atoms with Crippen molar-refractivity contribution in [2.75, 3.05) is 6.54 Å². The van der Waals surface area contributed by atoms with Gasteiger partial charge in [-0.15, -0.1) is 10.2 Å². The lowest BCUT2D eigenvalue weighted by Crippen LogP contribution is -2.38. The molecular formula is C12H14N4O3S. The molecule has 7 nitrogen and oxygen atoms in total. The Kier molecular flexibility index (Phi) is 3.28. The van der Waals surface area contributed by atoms with Crippen LogP contribution in [0.15, 0.2) is 35.5 Å². The first-order chi connectivity index (χ1) is 9.61. The fraction of sp³-hybridized carbons (Fsp3) is 0.333. The maximum Gasteiger partial charge on any atom is 0.243 e. The van der Waals surface area contributed by atoms with Gasteiger partial charge in [-0.05, 0) is 17.7 Å². The molecule has 1 N–H and O–H groups in total. The molecule has 1 aliphatic rings. The molecule has 8 heteroatoms. The first-order valence-corrected chi connectivity index (χ1v) is 7.62. The average Bonchev–Trinajstić information content (AvgIpc) is 2.94. The van der Waals surface area contributed by atoms with Crippen molar-refractivity contribution in [3.63, 3.8) is 0 Å².